The largest absolute Gasteiger partial charge is 0.261 e. The van der Waals surface area contributed by atoms with Gasteiger partial charge in [0.05, 0.1) is 11.2 Å². The van der Waals surface area contributed by atoms with Crippen molar-refractivity contribution in [1.29, 1.82) is 0 Å². The van der Waals surface area contributed by atoms with E-state index in [1.165, 1.54) is 0 Å². The van der Waals surface area contributed by atoms with Crippen LogP contribution in [0.4, 0.5) is 4.39 Å². The summed E-state index contributed by atoms with van der Waals surface area (Å²) in [6, 6.07) is 0. The van der Waals surface area contributed by atoms with E-state index in [4.69, 9.17) is 11.6 Å². The van der Waals surface area contributed by atoms with E-state index in [-0.39, 0.29) is 10.9 Å². The first-order valence-corrected chi connectivity index (χ1v) is 5.79. The molecule has 3 heteroatoms. The van der Waals surface area contributed by atoms with Crippen LogP contribution in [0, 0.1) is 5.82 Å². The smallest absolute Gasteiger partial charge is 0.160 e. The number of hydrogen-bond donors (Lipinski definition) is 0. The second-order valence-electron chi connectivity index (χ2n) is 2.68. The Morgan fingerprint density at radius 2 is 1.60 bits per heavy atom. The van der Waals surface area contributed by atoms with Gasteiger partial charge in [0.2, 0.25) is 0 Å². The first-order valence-electron chi connectivity index (χ1n) is 5.42. The molecule has 1 nitrogen and oxygen atoms in total. The van der Waals surface area contributed by atoms with Crippen LogP contribution < -0.4 is 0 Å². The molecule has 0 amide bonds. The quantitative estimate of drug-likeness (QED) is 0.662. The van der Waals surface area contributed by atoms with Gasteiger partial charge in [-0.3, -0.25) is 4.98 Å². The van der Waals surface area contributed by atoms with Crippen molar-refractivity contribution in [3.8, 4) is 0 Å². The molecule has 1 rings (SSSR count). The maximum absolute atomic E-state index is 12.7. The fourth-order valence-electron chi connectivity index (χ4n) is 0.837. The van der Waals surface area contributed by atoms with Crippen molar-refractivity contribution in [2.45, 2.75) is 47.5 Å². The molecule has 88 valence electrons. The highest BCUT2D eigenvalue weighted by Crippen LogP contribution is 2.24. The van der Waals surface area contributed by atoms with Crippen LogP contribution >= 0.6 is 11.6 Å². The van der Waals surface area contributed by atoms with Crippen LogP contribution in [0.5, 0.6) is 0 Å². The Morgan fingerprint density at radius 3 is 1.93 bits per heavy atom. The monoisotopic (exact) mass is 233 g/mol. The molecule has 0 radical (unpaired) electrons. The Hall–Kier alpha value is -0.630. The predicted octanol–water partition coefficient (Wildman–Crippen LogP) is 5.05. The molecule has 0 saturated carbocycles. The molecular formula is C12H21ClFN. The molecule has 15 heavy (non-hydrogen) atoms. The molecular weight excluding hydrogens is 213 g/mol. The highest BCUT2D eigenvalue weighted by molar-refractivity contribution is 6.31. The van der Waals surface area contributed by atoms with Gasteiger partial charge in [-0.2, -0.15) is 0 Å². The van der Waals surface area contributed by atoms with Gasteiger partial charge in [0.25, 0.3) is 0 Å². The van der Waals surface area contributed by atoms with Crippen molar-refractivity contribution in [2.24, 2.45) is 0 Å². The van der Waals surface area contributed by atoms with Gasteiger partial charge in [-0.25, -0.2) is 4.39 Å². The van der Waals surface area contributed by atoms with Gasteiger partial charge in [0, 0.05) is 6.20 Å². The number of halogens is 2. The molecule has 1 aromatic rings. The summed E-state index contributed by atoms with van der Waals surface area (Å²) < 4.78 is 12.7. The molecule has 0 bridgehead atoms. The highest BCUT2D eigenvalue weighted by atomic mass is 35.5. The summed E-state index contributed by atoms with van der Waals surface area (Å²) in [6.07, 6.45) is 2.71. The maximum atomic E-state index is 12.7. The van der Waals surface area contributed by atoms with Crippen LogP contribution in [0.15, 0.2) is 12.4 Å². The maximum Gasteiger partial charge on any atom is 0.160 e. The third-order valence-corrected chi connectivity index (χ3v) is 1.89. The summed E-state index contributed by atoms with van der Waals surface area (Å²) in [5.74, 6) is -0.233. The molecule has 1 aromatic heterocycles. The minimum Gasteiger partial charge on any atom is -0.261 e. The summed E-state index contributed by atoms with van der Waals surface area (Å²) >= 11 is 5.67. The first-order chi connectivity index (χ1) is 7.13. The van der Waals surface area contributed by atoms with Crippen molar-refractivity contribution < 1.29 is 4.39 Å². The van der Waals surface area contributed by atoms with Gasteiger partial charge < -0.3 is 0 Å². The van der Waals surface area contributed by atoms with Gasteiger partial charge >= 0.3 is 0 Å². The Bertz CT molecular complexity index is 262. The number of aromatic nitrogens is 1. The average Bonchev–Trinajstić information content (AvgIpc) is 2.27. The fourth-order valence-corrected chi connectivity index (χ4v) is 1.15. The van der Waals surface area contributed by atoms with E-state index in [0.29, 0.717) is 0 Å². The summed E-state index contributed by atoms with van der Waals surface area (Å²) in [7, 11) is 0. The van der Waals surface area contributed by atoms with Crippen molar-refractivity contribution in [1.82, 2.24) is 4.98 Å². The standard InChI is InChI=1S/C8H9ClFN.2C2H6/c1-5(2)6-3-11-4-7(10)8(6)9;2*1-2/h3-5H,1-2H3;2*1-2H3. The molecule has 0 atom stereocenters. The van der Waals surface area contributed by atoms with Crippen LogP contribution in [-0.2, 0) is 0 Å². The zero-order valence-corrected chi connectivity index (χ0v) is 11.2. The number of rotatable bonds is 1. The second-order valence-corrected chi connectivity index (χ2v) is 3.06. The topological polar surface area (TPSA) is 12.9 Å². The number of pyridine rings is 1. The highest BCUT2D eigenvalue weighted by Gasteiger charge is 2.08. The Balaban J connectivity index is 0. The normalized spacial score (nSPS) is 8.60. The predicted molar refractivity (Wildman–Crippen MR) is 66.0 cm³/mol. The zero-order chi connectivity index (χ0) is 12.4. The Labute approximate surface area is 97.7 Å². The van der Waals surface area contributed by atoms with Crippen LogP contribution in [0.3, 0.4) is 0 Å². The van der Waals surface area contributed by atoms with E-state index >= 15 is 0 Å². The molecule has 0 unspecified atom stereocenters. The van der Waals surface area contributed by atoms with Crippen LogP contribution in [-0.4, -0.2) is 4.98 Å². The van der Waals surface area contributed by atoms with Gasteiger partial charge in [-0.05, 0) is 11.5 Å². The SMILES string of the molecule is CC.CC.CC(C)c1cncc(F)c1Cl. The number of hydrogen-bond acceptors (Lipinski definition) is 1. The second kappa shape index (κ2) is 9.91. The van der Waals surface area contributed by atoms with Crippen molar-refractivity contribution in [3.63, 3.8) is 0 Å². The summed E-state index contributed by atoms with van der Waals surface area (Å²) in [4.78, 5) is 3.71. The lowest BCUT2D eigenvalue weighted by Crippen LogP contribution is -1.92. The first kappa shape index (κ1) is 16.8. The van der Waals surface area contributed by atoms with E-state index < -0.39 is 5.82 Å². The van der Waals surface area contributed by atoms with Gasteiger partial charge in [0.1, 0.15) is 0 Å². The van der Waals surface area contributed by atoms with Crippen molar-refractivity contribution >= 4 is 11.6 Å². The lowest BCUT2D eigenvalue weighted by Gasteiger charge is -2.06. The molecule has 1 heterocycles. The van der Waals surface area contributed by atoms with Crippen LogP contribution in [0.1, 0.15) is 53.0 Å². The molecule has 0 aliphatic rings. The molecule has 0 spiro atoms. The van der Waals surface area contributed by atoms with E-state index in [1.807, 2.05) is 41.5 Å². The van der Waals surface area contributed by atoms with Crippen LogP contribution in [0.2, 0.25) is 5.02 Å². The van der Waals surface area contributed by atoms with E-state index in [1.54, 1.807) is 6.20 Å². The number of nitrogens with zero attached hydrogens (tertiary/aromatic N) is 1. The molecule has 0 saturated heterocycles. The molecule has 0 aromatic carbocycles. The zero-order valence-electron chi connectivity index (χ0n) is 10.4. The van der Waals surface area contributed by atoms with Crippen molar-refractivity contribution in [3.05, 3.63) is 28.8 Å². The van der Waals surface area contributed by atoms with E-state index in [0.717, 1.165) is 11.8 Å². The van der Waals surface area contributed by atoms with E-state index in [2.05, 4.69) is 4.98 Å². The lowest BCUT2D eigenvalue weighted by molar-refractivity contribution is 0.616. The molecule has 0 aliphatic heterocycles. The van der Waals surface area contributed by atoms with E-state index in [9.17, 15) is 4.39 Å². The Kier molecular flexibility index (Phi) is 11.1. The molecule has 0 aliphatic carbocycles. The lowest BCUT2D eigenvalue weighted by atomic mass is 10.1. The minimum absolute atomic E-state index is 0.190. The van der Waals surface area contributed by atoms with Crippen molar-refractivity contribution in [2.75, 3.05) is 0 Å². The summed E-state index contributed by atoms with van der Waals surface area (Å²) in [6.45, 7) is 11.9. The third kappa shape index (κ3) is 5.73. The van der Waals surface area contributed by atoms with Gasteiger partial charge in [-0.15, -0.1) is 0 Å². The Morgan fingerprint density at radius 1 is 1.13 bits per heavy atom. The van der Waals surface area contributed by atoms with Gasteiger partial charge in [-0.1, -0.05) is 53.1 Å². The minimum atomic E-state index is -0.446. The average molecular weight is 234 g/mol. The molecule has 0 fully saturated rings. The van der Waals surface area contributed by atoms with Gasteiger partial charge in [0.15, 0.2) is 5.82 Å². The third-order valence-electron chi connectivity index (χ3n) is 1.49. The van der Waals surface area contributed by atoms with Crippen LogP contribution in [0.25, 0.3) is 0 Å². The summed E-state index contributed by atoms with van der Waals surface area (Å²) in [5.41, 5.74) is 0.756. The molecule has 0 N–H and O–H groups in total. The fraction of sp³-hybridized carbons (Fsp3) is 0.583. The summed E-state index contributed by atoms with van der Waals surface area (Å²) in [5, 5.41) is 0.190.